The molecular formula is C13H13NO8. The monoisotopic (exact) mass is 311 g/mol. The summed E-state index contributed by atoms with van der Waals surface area (Å²) < 4.78 is 19.9. The highest BCUT2D eigenvalue weighted by atomic mass is 16.7. The first-order chi connectivity index (χ1) is 10.4. The Morgan fingerprint density at radius 2 is 1.77 bits per heavy atom. The van der Waals surface area contributed by atoms with Gasteiger partial charge in [0.15, 0.2) is 11.5 Å². The van der Waals surface area contributed by atoms with Crippen LogP contribution in [0.4, 0.5) is 5.69 Å². The van der Waals surface area contributed by atoms with Gasteiger partial charge in [-0.15, -0.1) is 0 Å². The number of hydrogen-bond donors (Lipinski definition) is 0. The quantitative estimate of drug-likeness (QED) is 0.346. The van der Waals surface area contributed by atoms with Crippen molar-refractivity contribution in [2.45, 2.75) is 26.6 Å². The fourth-order valence-electron chi connectivity index (χ4n) is 1.96. The first-order valence-corrected chi connectivity index (χ1v) is 6.28. The third-order valence-electron chi connectivity index (χ3n) is 2.75. The number of nitro benzene ring substituents is 1. The van der Waals surface area contributed by atoms with Gasteiger partial charge in [0.05, 0.1) is 17.4 Å². The molecule has 9 nitrogen and oxygen atoms in total. The number of rotatable bonds is 5. The van der Waals surface area contributed by atoms with Crippen LogP contribution in [0.1, 0.15) is 19.4 Å². The number of carbonyl (C=O) groups excluding carboxylic acids is 2. The lowest BCUT2D eigenvalue weighted by Crippen LogP contribution is -2.25. The van der Waals surface area contributed by atoms with E-state index in [9.17, 15) is 19.7 Å². The van der Waals surface area contributed by atoms with Crippen LogP contribution < -0.4 is 9.47 Å². The van der Waals surface area contributed by atoms with Crippen LogP contribution in [-0.2, 0) is 25.5 Å². The molecule has 1 aliphatic heterocycles. The Morgan fingerprint density at radius 3 is 2.27 bits per heavy atom. The van der Waals surface area contributed by atoms with Gasteiger partial charge in [-0.25, -0.2) is 0 Å². The van der Waals surface area contributed by atoms with E-state index in [1.807, 2.05) is 0 Å². The smallest absolute Gasteiger partial charge is 0.305 e. The molecular weight excluding hydrogens is 298 g/mol. The molecule has 9 heteroatoms. The molecule has 0 amide bonds. The van der Waals surface area contributed by atoms with Crippen LogP contribution in [0.25, 0.3) is 0 Å². The van der Waals surface area contributed by atoms with Crippen molar-refractivity contribution in [2.75, 3.05) is 6.79 Å². The maximum Gasteiger partial charge on any atom is 0.305 e. The molecule has 22 heavy (non-hydrogen) atoms. The number of nitrogens with zero attached hydrogens (tertiary/aromatic N) is 1. The van der Waals surface area contributed by atoms with Crippen LogP contribution in [0, 0.1) is 10.1 Å². The molecule has 0 aromatic heterocycles. The van der Waals surface area contributed by atoms with Crippen molar-refractivity contribution in [3.8, 4) is 11.5 Å². The minimum Gasteiger partial charge on any atom is -0.454 e. The van der Waals surface area contributed by atoms with Crippen molar-refractivity contribution in [1.82, 2.24) is 0 Å². The van der Waals surface area contributed by atoms with E-state index in [-0.39, 0.29) is 30.2 Å². The molecule has 1 heterocycles. The number of benzene rings is 1. The van der Waals surface area contributed by atoms with Crippen molar-refractivity contribution >= 4 is 17.6 Å². The zero-order valence-corrected chi connectivity index (χ0v) is 11.9. The summed E-state index contributed by atoms with van der Waals surface area (Å²) in [5.74, 6) is -0.749. The molecule has 0 saturated heterocycles. The molecule has 0 saturated carbocycles. The molecule has 0 unspecified atom stereocenters. The maximum absolute atomic E-state index is 11.1. The predicted molar refractivity (Wildman–Crippen MR) is 70.2 cm³/mol. The van der Waals surface area contributed by atoms with Crippen molar-refractivity contribution in [3.63, 3.8) is 0 Å². The van der Waals surface area contributed by atoms with Crippen LogP contribution in [-0.4, -0.2) is 29.9 Å². The number of ether oxygens (including phenoxy) is 4. The van der Waals surface area contributed by atoms with Crippen LogP contribution in [0.2, 0.25) is 0 Å². The van der Waals surface area contributed by atoms with E-state index < -0.39 is 23.2 Å². The number of nitro groups is 1. The Bertz CT molecular complexity index is 611. The van der Waals surface area contributed by atoms with E-state index in [4.69, 9.17) is 18.9 Å². The second-order valence-corrected chi connectivity index (χ2v) is 4.44. The standard InChI is InChI=1S/C13H13NO8/c1-7(15)21-13(22-8(2)16)4-9-3-11-12(20-6-19-11)5-10(9)14(17)18/h3,5,13H,4,6H2,1-2H3. The van der Waals surface area contributed by atoms with Crippen LogP contribution >= 0.6 is 0 Å². The lowest BCUT2D eigenvalue weighted by molar-refractivity contribution is -0.385. The van der Waals surface area contributed by atoms with Crippen LogP contribution in [0.3, 0.4) is 0 Å². The lowest BCUT2D eigenvalue weighted by Gasteiger charge is -2.16. The van der Waals surface area contributed by atoms with Gasteiger partial charge in [0.25, 0.3) is 12.0 Å². The van der Waals surface area contributed by atoms with Gasteiger partial charge in [-0.1, -0.05) is 0 Å². The molecule has 0 bridgehead atoms. The average molecular weight is 311 g/mol. The van der Waals surface area contributed by atoms with E-state index in [1.165, 1.54) is 12.1 Å². The average Bonchev–Trinajstić information content (AvgIpc) is 2.82. The molecule has 0 N–H and O–H groups in total. The van der Waals surface area contributed by atoms with Crippen molar-refractivity contribution in [1.29, 1.82) is 0 Å². The van der Waals surface area contributed by atoms with E-state index in [1.54, 1.807) is 0 Å². The first-order valence-electron chi connectivity index (χ1n) is 6.28. The Balaban J connectivity index is 2.30. The van der Waals surface area contributed by atoms with Gasteiger partial charge >= 0.3 is 11.9 Å². The normalized spacial score (nSPS) is 12.1. The molecule has 1 aromatic carbocycles. The minimum absolute atomic E-state index is 0.0345. The lowest BCUT2D eigenvalue weighted by atomic mass is 10.1. The van der Waals surface area contributed by atoms with Gasteiger partial charge in [0.1, 0.15) is 0 Å². The zero-order valence-electron chi connectivity index (χ0n) is 11.9. The van der Waals surface area contributed by atoms with Gasteiger partial charge in [-0.3, -0.25) is 19.7 Å². The summed E-state index contributed by atoms with van der Waals surface area (Å²) in [6.07, 6.45) is -1.43. The van der Waals surface area contributed by atoms with E-state index in [0.717, 1.165) is 13.8 Å². The first kappa shape index (κ1) is 15.5. The highest BCUT2D eigenvalue weighted by Gasteiger charge is 2.27. The van der Waals surface area contributed by atoms with Crippen LogP contribution in [0.5, 0.6) is 11.5 Å². The molecule has 0 atom stereocenters. The molecule has 1 aliphatic rings. The molecule has 0 radical (unpaired) electrons. The maximum atomic E-state index is 11.1. The summed E-state index contributed by atoms with van der Waals surface area (Å²) in [6.45, 7) is 2.25. The molecule has 0 spiro atoms. The molecule has 0 aliphatic carbocycles. The molecule has 0 fully saturated rings. The van der Waals surface area contributed by atoms with Crippen molar-refractivity contribution in [3.05, 3.63) is 27.8 Å². The second kappa shape index (κ2) is 6.29. The molecule has 118 valence electrons. The van der Waals surface area contributed by atoms with Gasteiger partial charge < -0.3 is 18.9 Å². The summed E-state index contributed by atoms with van der Waals surface area (Å²) in [6, 6.07) is 2.62. The van der Waals surface area contributed by atoms with E-state index >= 15 is 0 Å². The van der Waals surface area contributed by atoms with Crippen molar-refractivity contribution in [2.24, 2.45) is 0 Å². The Labute approximate surface area is 124 Å². The van der Waals surface area contributed by atoms with Gasteiger partial charge in [-0.05, 0) is 6.07 Å². The Kier molecular flexibility index (Phi) is 4.44. The highest BCUT2D eigenvalue weighted by molar-refractivity contribution is 5.68. The van der Waals surface area contributed by atoms with Crippen molar-refractivity contribution < 1.29 is 33.5 Å². The third-order valence-corrected chi connectivity index (χ3v) is 2.75. The largest absolute Gasteiger partial charge is 0.454 e. The number of hydrogen-bond acceptors (Lipinski definition) is 8. The number of carbonyl (C=O) groups is 2. The Morgan fingerprint density at radius 1 is 1.23 bits per heavy atom. The summed E-state index contributed by atoms with van der Waals surface area (Å²) >= 11 is 0. The zero-order chi connectivity index (χ0) is 16.3. The number of esters is 2. The summed E-state index contributed by atoms with van der Waals surface area (Å²) in [5.41, 5.74) is -0.0460. The minimum atomic E-state index is -1.26. The molecule has 1 aromatic rings. The fraction of sp³-hybridized carbons (Fsp3) is 0.385. The predicted octanol–water partition coefficient (Wildman–Crippen LogP) is 1.32. The van der Waals surface area contributed by atoms with Crippen LogP contribution in [0.15, 0.2) is 12.1 Å². The second-order valence-electron chi connectivity index (χ2n) is 4.44. The summed E-state index contributed by atoms with van der Waals surface area (Å²) in [5, 5.41) is 11.1. The fourth-order valence-corrected chi connectivity index (χ4v) is 1.96. The van der Waals surface area contributed by atoms with Gasteiger partial charge in [0.2, 0.25) is 6.79 Å². The Hall–Kier alpha value is -2.84. The number of fused-ring (bicyclic) bond motifs is 1. The topological polar surface area (TPSA) is 114 Å². The summed E-state index contributed by atoms with van der Waals surface area (Å²) in [4.78, 5) is 32.6. The SMILES string of the molecule is CC(=O)OC(Cc1cc2c(cc1[N+](=O)[O-])OCO2)OC(C)=O. The third kappa shape index (κ3) is 3.62. The summed E-state index contributed by atoms with van der Waals surface area (Å²) in [7, 11) is 0. The van der Waals surface area contributed by atoms with Gasteiger partial charge in [-0.2, -0.15) is 0 Å². The molecule has 2 rings (SSSR count). The van der Waals surface area contributed by atoms with E-state index in [0.29, 0.717) is 5.75 Å². The van der Waals surface area contributed by atoms with E-state index in [2.05, 4.69) is 0 Å². The van der Waals surface area contributed by atoms with Gasteiger partial charge in [0, 0.05) is 19.4 Å². The highest BCUT2D eigenvalue weighted by Crippen LogP contribution is 2.38.